The van der Waals surface area contributed by atoms with Gasteiger partial charge in [-0.1, -0.05) is 18.2 Å². The van der Waals surface area contributed by atoms with Crippen LogP contribution in [0.15, 0.2) is 65.8 Å². The highest BCUT2D eigenvalue weighted by molar-refractivity contribution is 7.86. The molecule has 5 rings (SSSR count). The van der Waals surface area contributed by atoms with E-state index in [0.717, 1.165) is 24.8 Å². The minimum Gasteiger partial charge on any atom is -0.431 e. The fourth-order valence-corrected chi connectivity index (χ4v) is 5.47. The van der Waals surface area contributed by atoms with Gasteiger partial charge in [0.15, 0.2) is 12.8 Å². The van der Waals surface area contributed by atoms with Crippen molar-refractivity contribution in [3.8, 4) is 17.0 Å². The molecule has 42 heavy (non-hydrogen) atoms. The van der Waals surface area contributed by atoms with Crippen molar-refractivity contribution < 1.29 is 40.3 Å². The molecule has 2 aromatic heterocycles. The number of nitrogens with one attached hydrogen (secondary N) is 1. The number of benzene rings is 2. The molecule has 0 aliphatic carbocycles. The minimum atomic E-state index is -3.83. The molecule has 0 amide bonds. The molecule has 1 unspecified atom stereocenters. The number of aromatic amines is 1. The number of alkyl halides is 2. The van der Waals surface area contributed by atoms with Crippen LogP contribution in [-0.4, -0.2) is 74.1 Å². The first-order valence-corrected chi connectivity index (χ1v) is 15.0. The standard InChI is InChI=1S/C28H32F2N4O7S/c29-28(30,20-38-16-15-37-12-6-14-40-42(35,36)23-7-2-1-3-8-23)41-22-10-11-25-24(17-22)27(21-18-31-32-19-21)33-34(25)26-9-4-5-13-39-26/h1-3,7-8,10-11,17-19,26H,4-6,9,12-16,20H2,(H,31,32). The summed E-state index contributed by atoms with van der Waals surface area (Å²) >= 11 is 0. The second kappa shape index (κ2) is 13.7. The molecule has 11 nitrogen and oxygen atoms in total. The number of halogens is 2. The third-order valence-corrected chi connectivity index (χ3v) is 7.82. The van der Waals surface area contributed by atoms with Gasteiger partial charge in [0, 0.05) is 30.4 Å². The smallest absolute Gasteiger partial charge is 0.421 e. The van der Waals surface area contributed by atoms with Crippen molar-refractivity contribution in [2.75, 3.05) is 39.6 Å². The van der Waals surface area contributed by atoms with Crippen LogP contribution in [0.2, 0.25) is 0 Å². The molecule has 3 heterocycles. The molecule has 4 aromatic rings. The third-order valence-electron chi connectivity index (χ3n) is 6.49. The highest BCUT2D eigenvalue weighted by atomic mass is 32.2. The Labute approximate surface area is 241 Å². The van der Waals surface area contributed by atoms with Crippen LogP contribution in [-0.2, 0) is 28.5 Å². The number of ether oxygens (including phenoxy) is 4. The Balaban J connectivity index is 1.08. The van der Waals surface area contributed by atoms with E-state index in [4.69, 9.17) is 28.2 Å². The van der Waals surface area contributed by atoms with Crippen LogP contribution < -0.4 is 4.74 Å². The maximum atomic E-state index is 14.6. The van der Waals surface area contributed by atoms with E-state index in [-0.39, 0.29) is 43.3 Å². The van der Waals surface area contributed by atoms with Crippen molar-refractivity contribution in [2.24, 2.45) is 0 Å². The fraction of sp³-hybridized carbons (Fsp3) is 0.429. The minimum absolute atomic E-state index is 0.0355. The van der Waals surface area contributed by atoms with Gasteiger partial charge in [-0.25, -0.2) is 4.68 Å². The van der Waals surface area contributed by atoms with Gasteiger partial charge in [0.1, 0.15) is 11.4 Å². The fourth-order valence-electron chi connectivity index (χ4n) is 4.51. The lowest BCUT2D eigenvalue weighted by Gasteiger charge is -2.23. The Morgan fingerprint density at radius 1 is 1.05 bits per heavy atom. The molecule has 1 saturated heterocycles. The van der Waals surface area contributed by atoms with Gasteiger partial charge in [0.25, 0.3) is 10.1 Å². The summed E-state index contributed by atoms with van der Waals surface area (Å²) < 4.78 is 81.3. The first-order chi connectivity index (χ1) is 20.3. The highest BCUT2D eigenvalue weighted by Crippen LogP contribution is 2.35. The first kappa shape index (κ1) is 30.0. The molecule has 0 radical (unpaired) electrons. The van der Waals surface area contributed by atoms with Crippen molar-refractivity contribution in [1.82, 2.24) is 20.0 Å². The monoisotopic (exact) mass is 606 g/mol. The highest BCUT2D eigenvalue weighted by Gasteiger charge is 2.33. The molecule has 2 aromatic carbocycles. The molecule has 1 fully saturated rings. The number of rotatable bonds is 15. The summed E-state index contributed by atoms with van der Waals surface area (Å²) in [5.41, 5.74) is 2.04. The first-order valence-electron chi connectivity index (χ1n) is 13.6. The molecule has 1 aliphatic heterocycles. The Morgan fingerprint density at radius 2 is 1.88 bits per heavy atom. The second-order valence-corrected chi connectivity index (χ2v) is 11.2. The molecular weight excluding hydrogens is 574 g/mol. The Kier molecular flexibility index (Phi) is 9.80. The topological polar surface area (TPSA) is 127 Å². The predicted octanol–water partition coefficient (Wildman–Crippen LogP) is 4.93. The van der Waals surface area contributed by atoms with E-state index in [1.165, 1.54) is 24.3 Å². The number of hydrogen-bond donors (Lipinski definition) is 1. The van der Waals surface area contributed by atoms with Crippen LogP contribution >= 0.6 is 0 Å². The molecule has 14 heteroatoms. The molecule has 0 bridgehead atoms. The Hall–Kier alpha value is -3.43. The zero-order valence-corrected chi connectivity index (χ0v) is 23.6. The van der Waals surface area contributed by atoms with Gasteiger partial charge in [-0.2, -0.15) is 27.4 Å². The average molecular weight is 607 g/mol. The molecule has 1 N–H and O–H groups in total. The van der Waals surface area contributed by atoms with Crippen molar-refractivity contribution in [3.63, 3.8) is 0 Å². The van der Waals surface area contributed by atoms with Crippen molar-refractivity contribution in [1.29, 1.82) is 0 Å². The zero-order chi connectivity index (χ0) is 29.4. The summed E-state index contributed by atoms with van der Waals surface area (Å²) in [6.07, 6.45) is 2.59. The van der Waals surface area contributed by atoms with Gasteiger partial charge in [-0.3, -0.25) is 9.28 Å². The number of hydrogen-bond acceptors (Lipinski definition) is 9. The Bertz CT molecular complexity index is 1530. The van der Waals surface area contributed by atoms with Gasteiger partial charge >= 0.3 is 6.11 Å². The summed E-state index contributed by atoms with van der Waals surface area (Å²) in [5.74, 6) is -0.0355. The molecule has 1 aliphatic rings. The summed E-state index contributed by atoms with van der Waals surface area (Å²) in [5, 5.41) is 12.1. The van der Waals surface area contributed by atoms with Crippen LogP contribution in [0.1, 0.15) is 31.9 Å². The van der Waals surface area contributed by atoms with E-state index in [1.807, 2.05) is 0 Å². The van der Waals surface area contributed by atoms with E-state index < -0.39 is 22.8 Å². The summed E-state index contributed by atoms with van der Waals surface area (Å²) in [6.45, 7) is -0.276. The van der Waals surface area contributed by atoms with E-state index in [0.29, 0.717) is 29.7 Å². The number of aromatic nitrogens is 4. The lowest BCUT2D eigenvalue weighted by molar-refractivity contribution is -0.213. The average Bonchev–Trinajstić information content (AvgIpc) is 3.65. The molecular formula is C28H32F2N4O7S. The summed E-state index contributed by atoms with van der Waals surface area (Å²) in [4.78, 5) is 0.0740. The maximum Gasteiger partial charge on any atom is 0.421 e. The van der Waals surface area contributed by atoms with E-state index >= 15 is 0 Å². The van der Waals surface area contributed by atoms with Crippen LogP contribution in [0.25, 0.3) is 22.2 Å². The van der Waals surface area contributed by atoms with Gasteiger partial charge in [-0.15, -0.1) is 0 Å². The van der Waals surface area contributed by atoms with Gasteiger partial charge < -0.3 is 18.9 Å². The SMILES string of the molecule is O=S(=O)(OCCCOCCOCC(F)(F)Oc1ccc2c(c1)c(-c1cn[nH]c1)nn2C1CCCCO1)c1ccccc1. The normalized spacial score (nSPS) is 16.2. The van der Waals surface area contributed by atoms with Gasteiger partial charge in [0.2, 0.25) is 0 Å². The lowest BCUT2D eigenvalue weighted by atomic mass is 10.1. The molecule has 0 saturated carbocycles. The summed E-state index contributed by atoms with van der Waals surface area (Å²) in [6, 6.07) is 12.5. The summed E-state index contributed by atoms with van der Waals surface area (Å²) in [7, 11) is -3.83. The van der Waals surface area contributed by atoms with E-state index in [9.17, 15) is 17.2 Å². The van der Waals surface area contributed by atoms with Crippen molar-refractivity contribution in [3.05, 3.63) is 60.9 Å². The van der Waals surface area contributed by atoms with Gasteiger partial charge in [0.05, 0.1) is 36.4 Å². The van der Waals surface area contributed by atoms with Crippen LogP contribution in [0.5, 0.6) is 5.75 Å². The lowest BCUT2D eigenvalue weighted by Crippen LogP contribution is -2.31. The van der Waals surface area contributed by atoms with Crippen LogP contribution in [0, 0.1) is 0 Å². The maximum absolute atomic E-state index is 14.6. The van der Waals surface area contributed by atoms with Crippen LogP contribution in [0.4, 0.5) is 8.78 Å². The number of H-pyrrole nitrogens is 1. The molecule has 226 valence electrons. The second-order valence-electron chi connectivity index (χ2n) is 9.63. The third kappa shape index (κ3) is 7.69. The van der Waals surface area contributed by atoms with Crippen LogP contribution in [0.3, 0.4) is 0 Å². The Morgan fingerprint density at radius 3 is 2.64 bits per heavy atom. The van der Waals surface area contributed by atoms with E-state index in [2.05, 4.69) is 10.2 Å². The van der Waals surface area contributed by atoms with E-state index in [1.54, 1.807) is 41.3 Å². The predicted molar refractivity (Wildman–Crippen MR) is 148 cm³/mol. The number of fused-ring (bicyclic) bond motifs is 1. The molecule has 0 spiro atoms. The molecule has 1 atom stereocenters. The zero-order valence-electron chi connectivity index (χ0n) is 22.8. The number of nitrogens with zero attached hydrogens (tertiary/aromatic N) is 3. The largest absolute Gasteiger partial charge is 0.431 e. The van der Waals surface area contributed by atoms with Crippen molar-refractivity contribution >= 4 is 21.0 Å². The quantitative estimate of drug-likeness (QED) is 0.148. The van der Waals surface area contributed by atoms with Crippen molar-refractivity contribution in [2.45, 2.75) is 42.9 Å². The van der Waals surface area contributed by atoms with Gasteiger partial charge in [-0.05, 0) is 56.0 Å².